The molecule has 0 spiro atoms. The molecule has 0 fully saturated rings. The standard InChI is InChI=1S/C23H23N5O3S/c1-15-13-21(16(2)27(15)17-5-9-19(30-3)10-6-17)22(29)14-32-23-24-25-26-28(23)18-7-11-20(31-4)12-8-18/h5-13H,14H2,1-4H3. The monoisotopic (exact) mass is 449 g/mol. The van der Waals surface area contributed by atoms with Crippen molar-refractivity contribution in [3.63, 3.8) is 0 Å². The van der Waals surface area contributed by atoms with Gasteiger partial charge in [0, 0.05) is 22.6 Å². The van der Waals surface area contributed by atoms with E-state index in [1.54, 1.807) is 18.9 Å². The second-order valence-corrected chi connectivity index (χ2v) is 8.04. The minimum atomic E-state index is 0.0205. The van der Waals surface area contributed by atoms with Gasteiger partial charge in [0.2, 0.25) is 5.16 Å². The number of methoxy groups -OCH3 is 2. The third-order valence-electron chi connectivity index (χ3n) is 5.15. The van der Waals surface area contributed by atoms with Crippen LogP contribution >= 0.6 is 11.8 Å². The van der Waals surface area contributed by atoms with Gasteiger partial charge in [-0.1, -0.05) is 11.8 Å². The molecule has 0 bridgehead atoms. The third kappa shape index (κ3) is 4.24. The lowest BCUT2D eigenvalue weighted by atomic mass is 10.2. The van der Waals surface area contributed by atoms with E-state index < -0.39 is 0 Å². The van der Waals surface area contributed by atoms with Crippen molar-refractivity contribution in [1.82, 2.24) is 24.8 Å². The summed E-state index contributed by atoms with van der Waals surface area (Å²) in [5, 5.41) is 12.4. The number of tetrazole rings is 1. The van der Waals surface area contributed by atoms with Crippen molar-refractivity contribution in [2.24, 2.45) is 0 Å². The molecule has 0 unspecified atom stereocenters. The van der Waals surface area contributed by atoms with E-state index in [9.17, 15) is 4.79 Å². The fraction of sp³-hybridized carbons (Fsp3) is 0.217. The first-order valence-electron chi connectivity index (χ1n) is 9.94. The van der Waals surface area contributed by atoms with Gasteiger partial charge in [-0.3, -0.25) is 4.79 Å². The van der Waals surface area contributed by atoms with Crippen LogP contribution < -0.4 is 9.47 Å². The second-order valence-electron chi connectivity index (χ2n) is 7.10. The molecule has 8 nitrogen and oxygen atoms in total. The summed E-state index contributed by atoms with van der Waals surface area (Å²) in [7, 11) is 3.26. The SMILES string of the molecule is COc1ccc(-n2nnnc2SCC(=O)c2cc(C)n(-c3ccc(OC)cc3)c2C)cc1. The molecule has 32 heavy (non-hydrogen) atoms. The molecular formula is C23H23N5O3S. The molecule has 0 aliphatic carbocycles. The zero-order valence-electron chi connectivity index (χ0n) is 18.3. The van der Waals surface area contributed by atoms with Gasteiger partial charge >= 0.3 is 0 Å². The van der Waals surface area contributed by atoms with Crippen molar-refractivity contribution >= 4 is 17.5 Å². The Hall–Kier alpha value is -3.59. The average molecular weight is 450 g/mol. The Morgan fingerprint density at radius 3 is 2.12 bits per heavy atom. The van der Waals surface area contributed by atoms with Crippen LogP contribution in [0, 0.1) is 13.8 Å². The second kappa shape index (κ2) is 9.27. The van der Waals surface area contributed by atoms with Crippen LogP contribution in [0.3, 0.4) is 0 Å². The van der Waals surface area contributed by atoms with Gasteiger partial charge in [-0.25, -0.2) is 0 Å². The molecule has 164 valence electrons. The molecule has 2 aromatic carbocycles. The average Bonchev–Trinajstić information content (AvgIpc) is 3.41. The van der Waals surface area contributed by atoms with Crippen LogP contribution in [-0.4, -0.2) is 50.5 Å². The van der Waals surface area contributed by atoms with E-state index >= 15 is 0 Å². The van der Waals surface area contributed by atoms with Gasteiger partial charge < -0.3 is 14.0 Å². The van der Waals surface area contributed by atoms with Crippen LogP contribution in [0.4, 0.5) is 0 Å². The molecule has 0 N–H and O–H groups in total. The summed E-state index contributed by atoms with van der Waals surface area (Å²) in [5.41, 5.74) is 4.35. The number of Topliss-reactive ketones (excluding diaryl/α,β-unsaturated/α-hetero) is 1. The summed E-state index contributed by atoms with van der Waals surface area (Å²) in [5.74, 6) is 1.78. The number of hydrogen-bond donors (Lipinski definition) is 0. The smallest absolute Gasteiger partial charge is 0.214 e. The number of carbonyl (C=O) groups is 1. The number of ether oxygens (including phenoxy) is 2. The molecule has 0 radical (unpaired) electrons. The minimum absolute atomic E-state index is 0.0205. The number of rotatable bonds is 8. The normalized spacial score (nSPS) is 10.9. The highest BCUT2D eigenvalue weighted by Crippen LogP contribution is 2.26. The molecule has 0 atom stereocenters. The summed E-state index contributed by atoms with van der Waals surface area (Å²) in [6.07, 6.45) is 0. The van der Waals surface area contributed by atoms with E-state index in [2.05, 4.69) is 20.1 Å². The summed E-state index contributed by atoms with van der Waals surface area (Å²) in [6.45, 7) is 3.95. The molecule has 0 aliphatic heterocycles. The minimum Gasteiger partial charge on any atom is -0.497 e. The fourth-order valence-corrected chi connectivity index (χ4v) is 4.31. The van der Waals surface area contributed by atoms with Gasteiger partial charge in [0.05, 0.1) is 25.7 Å². The fourth-order valence-electron chi connectivity index (χ4n) is 3.54. The highest BCUT2D eigenvalue weighted by molar-refractivity contribution is 7.99. The van der Waals surface area contributed by atoms with Gasteiger partial charge in [-0.2, -0.15) is 4.68 Å². The lowest BCUT2D eigenvalue weighted by Crippen LogP contribution is -2.07. The molecule has 9 heteroatoms. The van der Waals surface area contributed by atoms with Crippen LogP contribution in [-0.2, 0) is 0 Å². The number of benzene rings is 2. The molecule has 4 aromatic rings. The topological polar surface area (TPSA) is 84.1 Å². The number of thioether (sulfide) groups is 1. The van der Waals surface area contributed by atoms with E-state index in [4.69, 9.17) is 9.47 Å². The van der Waals surface area contributed by atoms with Crippen LogP contribution in [0.25, 0.3) is 11.4 Å². The molecule has 4 rings (SSSR count). The van der Waals surface area contributed by atoms with Gasteiger partial charge in [0.1, 0.15) is 11.5 Å². The van der Waals surface area contributed by atoms with E-state index in [-0.39, 0.29) is 11.5 Å². The summed E-state index contributed by atoms with van der Waals surface area (Å²) in [4.78, 5) is 13.0. The van der Waals surface area contributed by atoms with Crippen LogP contribution in [0.5, 0.6) is 11.5 Å². The maximum atomic E-state index is 13.0. The zero-order valence-corrected chi connectivity index (χ0v) is 19.1. The van der Waals surface area contributed by atoms with Crippen LogP contribution in [0.15, 0.2) is 59.8 Å². The predicted octanol–water partition coefficient (Wildman–Crippen LogP) is 4.06. The number of carbonyl (C=O) groups excluding carboxylic acids is 1. The van der Waals surface area contributed by atoms with Crippen molar-refractivity contribution in [3.8, 4) is 22.9 Å². The summed E-state index contributed by atoms with van der Waals surface area (Å²) in [6, 6.07) is 17.1. The number of hydrogen-bond acceptors (Lipinski definition) is 7. The molecule has 0 aliphatic rings. The maximum absolute atomic E-state index is 13.0. The Labute approximate surface area is 190 Å². The molecular weight excluding hydrogens is 426 g/mol. The van der Waals surface area contributed by atoms with Gasteiger partial charge in [0.25, 0.3) is 0 Å². The number of aryl methyl sites for hydroxylation is 1. The van der Waals surface area contributed by atoms with Crippen LogP contribution in [0.2, 0.25) is 0 Å². The van der Waals surface area contributed by atoms with Gasteiger partial charge in [0.15, 0.2) is 5.78 Å². The Morgan fingerprint density at radius 1 is 0.938 bits per heavy atom. The van der Waals surface area contributed by atoms with Crippen molar-refractivity contribution in [1.29, 1.82) is 0 Å². The first-order valence-corrected chi connectivity index (χ1v) is 10.9. The van der Waals surface area contributed by atoms with E-state index in [0.29, 0.717) is 10.7 Å². The predicted molar refractivity (Wildman–Crippen MR) is 123 cm³/mol. The lowest BCUT2D eigenvalue weighted by molar-refractivity contribution is 0.102. The van der Waals surface area contributed by atoms with Crippen molar-refractivity contribution < 1.29 is 14.3 Å². The Kier molecular flexibility index (Phi) is 6.27. The van der Waals surface area contributed by atoms with E-state index in [0.717, 1.165) is 34.3 Å². The number of ketones is 1. The lowest BCUT2D eigenvalue weighted by Gasteiger charge is -2.10. The quantitative estimate of drug-likeness (QED) is 0.296. The Bertz CT molecular complexity index is 1230. The Morgan fingerprint density at radius 2 is 1.53 bits per heavy atom. The van der Waals surface area contributed by atoms with Crippen molar-refractivity contribution in [3.05, 3.63) is 71.5 Å². The largest absolute Gasteiger partial charge is 0.497 e. The van der Waals surface area contributed by atoms with E-state index in [1.165, 1.54) is 11.8 Å². The van der Waals surface area contributed by atoms with Crippen molar-refractivity contribution in [2.75, 3.05) is 20.0 Å². The molecule has 0 saturated carbocycles. The maximum Gasteiger partial charge on any atom is 0.214 e. The first-order chi connectivity index (χ1) is 15.5. The molecule has 0 saturated heterocycles. The number of aromatic nitrogens is 5. The summed E-state index contributed by atoms with van der Waals surface area (Å²) < 4.78 is 14.1. The van der Waals surface area contributed by atoms with Gasteiger partial charge in [-0.15, -0.1) is 5.10 Å². The molecule has 2 aromatic heterocycles. The first kappa shape index (κ1) is 21.6. The summed E-state index contributed by atoms with van der Waals surface area (Å²) >= 11 is 1.31. The van der Waals surface area contributed by atoms with E-state index in [1.807, 2.05) is 68.4 Å². The Balaban J connectivity index is 1.51. The van der Waals surface area contributed by atoms with Crippen LogP contribution in [0.1, 0.15) is 21.7 Å². The van der Waals surface area contributed by atoms with Gasteiger partial charge in [-0.05, 0) is 78.9 Å². The molecule has 2 heterocycles. The number of nitrogens with zero attached hydrogens (tertiary/aromatic N) is 5. The highest BCUT2D eigenvalue weighted by Gasteiger charge is 2.19. The molecule has 0 amide bonds. The zero-order chi connectivity index (χ0) is 22.7. The van der Waals surface area contributed by atoms with Crippen molar-refractivity contribution in [2.45, 2.75) is 19.0 Å². The highest BCUT2D eigenvalue weighted by atomic mass is 32.2. The third-order valence-corrected chi connectivity index (χ3v) is 6.07.